The zero-order valence-corrected chi connectivity index (χ0v) is 11.7. The molecular formula is C13H20BNO4. The van der Waals surface area contributed by atoms with Gasteiger partial charge in [0.2, 0.25) is 0 Å². The summed E-state index contributed by atoms with van der Waals surface area (Å²) in [5.41, 5.74) is 1.57. The second-order valence-electron chi connectivity index (χ2n) is 5.42. The van der Waals surface area contributed by atoms with Crippen LogP contribution in [0.3, 0.4) is 0 Å². The summed E-state index contributed by atoms with van der Waals surface area (Å²) in [5, 5.41) is 20.9. The zero-order chi connectivity index (χ0) is 14.6. The van der Waals surface area contributed by atoms with Gasteiger partial charge in [-0.3, -0.25) is 0 Å². The van der Waals surface area contributed by atoms with E-state index in [2.05, 4.69) is 5.32 Å². The van der Waals surface area contributed by atoms with Gasteiger partial charge >= 0.3 is 13.2 Å². The average molecular weight is 265 g/mol. The van der Waals surface area contributed by atoms with Crippen molar-refractivity contribution in [2.75, 3.05) is 0 Å². The van der Waals surface area contributed by atoms with Gasteiger partial charge in [0, 0.05) is 6.54 Å². The predicted octanol–water partition coefficient (Wildman–Crippen LogP) is 0.700. The molecule has 104 valence electrons. The maximum absolute atomic E-state index is 11.5. The molecule has 3 N–H and O–H groups in total. The van der Waals surface area contributed by atoms with Gasteiger partial charge < -0.3 is 20.1 Å². The van der Waals surface area contributed by atoms with E-state index < -0.39 is 18.8 Å². The Morgan fingerprint density at radius 2 is 2.00 bits per heavy atom. The van der Waals surface area contributed by atoms with Crippen molar-refractivity contribution in [2.24, 2.45) is 0 Å². The highest BCUT2D eigenvalue weighted by Crippen LogP contribution is 2.07. The van der Waals surface area contributed by atoms with E-state index in [4.69, 9.17) is 14.8 Å². The molecule has 0 aliphatic carbocycles. The van der Waals surface area contributed by atoms with E-state index in [9.17, 15) is 4.79 Å². The van der Waals surface area contributed by atoms with Crippen LogP contribution in [0.5, 0.6) is 0 Å². The Morgan fingerprint density at radius 1 is 1.37 bits per heavy atom. The molecule has 0 saturated heterocycles. The number of benzene rings is 1. The van der Waals surface area contributed by atoms with Crippen LogP contribution in [0.15, 0.2) is 18.2 Å². The van der Waals surface area contributed by atoms with Gasteiger partial charge in [-0.15, -0.1) is 0 Å². The topological polar surface area (TPSA) is 78.8 Å². The molecule has 0 unspecified atom stereocenters. The Bertz CT molecular complexity index is 454. The zero-order valence-electron chi connectivity index (χ0n) is 11.7. The van der Waals surface area contributed by atoms with E-state index in [0.717, 1.165) is 11.1 Å². The number of rotatable bonds is 3. The van der Waals surface area contributed by atoms with Gasteiger partial charge in [0.15, 0.2) is 0 Å². The first-order valence-electron chi connectivity index (χ1n) is 6.11. The monoisotopic (exact) mass is 265 g/mol. The van der Waals surface area contributed by atoms with Crippen molar-refractivity contribution in [3.63, 3.8) is 0 Å². The largest absolute Gasteiger partial charge is 0.488 e. The first kappa shape index (κ1) is 15.5. The predicted molar refractivity (Wildman–Crippen MR) is 74.1 cm³/mol. The lowest BCUT2D eigenvalue weighted by Crippen LogP contribution is -2.33. The van der Waals surface area contributed by atoms with Crippen LogP contribution in [0.25, 0.3) is 0 Å². The second-order valence-corrected chi connectivity index (χ2v) is 5.42. The molecule has 6 heteroatoms. The van der Waals surface area contributed by atoms with Crippen LogP contribution < -0.4 is 10.8 Å². The third kappa shape index (κ3) is 5.32. The fourth-order valence-corrected chi connectivity index (χ4v) is 1.63. The number of carbonyl (C=O) groups excluding carboxylic acids is 1. The second kappa shape index (κ2) is 6.08. The fraction of sp³-hybridized carbons (Fsp3) is 0.462. The first-order chi connectivity index (χ1) is 8.69. The minimum absolute atomic E-state index is 0.331. The summed E-state index contributed by atoms with van der Waals surface area (Å²) in [6.07, 6.45) is -0.476. The molecule has 1 aromatic rings. The van der Waals surface area contributed by atoms with E-state index >= 15 is 0 Å². The molecule has 0 bridgehead atoms. The lowest BCUT2D eigenvalue weighted by molar-refractivity contribution is 0.0523. The molecule has 0 aliphatic rings. The highest BCUT2D eigenvalue weighted by molar-refractivity contribution is 6.59. The normalized spacial score (nSPS) is 11.1. The summed E-state index contributed by atoms with van der Waals surface area (Å²) in [4.78, 5) is 11.5. The summed E-state index contributed by atoms with van der Waals surface area (Å²) in [6, 6.07) is 5.16. The summed E-state index contributed by atoms with van der Waals surface area (Å²) in [5.74, 6) is 0. The fourth-order valence-electron chi connectivity index (χ4n) is 1.63. The van der Waals surface area contributed by atoms with Crippen molar-refractivity contribution in [2.45, 2.75) is 39.8 Å². The molecule has 0 fully saturated rings. The Balaban J connectivity index is 2.59. The molecule has 0 saturated carbocycles. The van der Waals surface area contributed by atoms with Gasteiger partial charge in [-0.05, 0) is 38.7 Å². The van der Waals surface area contributed by atoms with E-state index in [0.29, 0.717) is 12.0 Å². The van der Waals surface area contributed by atoms with Gasteiger partial charge in [0.1, 0.15) is 5.60 Å². The van der Waals surface area contributed by atoms with Crippen LogP contribution >= 0.6 is 0 Å². The molecule has 0 radical (unpaired) electrons. The van der Waals surface area contributed by atoms with Crippen molar-refractivity contribution in [3.05, 3.63) is 29.3 Å². The van der Waals surface area contributed by atoms with Crippen molar-refractivity contribution in [3.8, 4) is 0 Å². The average Bonchev–Trinajstić information content (AvgIpc) is 2.23. The summed E-state index contributed by atoms with van der Waals surface area (Å²) >= 11 is 0. The van der Waals surface area contributed by atoms with Crippen LogP contribution in [-0.2, 0) is 11.3 Å². The molecule has 1 rings (SSSR count). The number of nitrogens with one attached hydrogen (secondary N) is 1. The Hall–Kier alpha value is -1.53. The highest BCUT2D eigenvalue weighted by Gasteiger charge is 2.16. The number of alkyl carbamates (subject to hydrolysis) is 1. The number of hydrogen-bond donors (Lipinski definition) is 3. The van der Waals surface area contributed by atoms with Crippen molar-refractivity contribution in [1.82, 2.24) is 5.32 Å². The van der Waals surface area contributed by atoms with Crippen LogP contribution in [0.2, 0.25) is 0 Å². The number of aryl methyl sites for hydroxylation is 1. The quantitative estimate of drug-likeness (QED) is 0.703. The third-order valence-electron chi connectivity index (χ3n) is 2.45. The van der Waals surface area contributed by atoms with Crippen LogP contribution in [-0.4, -0.2) is 28.9 Å². The molecule has 0 atom stereocenters. The van der Waals surface area contributed by atoms with Crippen molar-refractivity contribution < 1.29 is 19.6 Å². The Kier molecular flexibility index (Phi) is 4.97. The van der Waals surface area contributed by atoms with E-state index in [1.165, 1.54) is 0 Å². The summed E-state index contributed by atoms with van der Waals surface area (Å²) < 4.78 is 5.12. The molecule has 0 heterocycles. The number of ether oxygens (including phenoxy) is 1. The standard InChI is InChI=1S/C13H20BNO4/c1-9-7-10(5-6-11(9)14(17)18)8-15-12(16)19-13(2,3)4/h5-7,17-18H,8H2,1-4H3,(H,15,16). The third-order valence-corrected chi connectivity index (χ3v) is 2.45. The molecule has 0 spiro atoms. The summed E-state index contributed by atoms with van der Waals surface area (Å²) in [6.45, 7) is 7.51. The molecular weight excluding hydrogens is 245 g/mol. The molecule has 5 nitrogen and oxygen atoms in total. The molecule has 0 aliphatic heterocycles. The lowest BCUT2D eigenvalue weighted by atomic mass is 9.77. The number of carbonyl (C=O) groups is 1. The molecule has 0 aromatic heterocycles. The van der Waals surface area contributed by atoms with Gasteiger partial charge in [0.05, 0.1) is 0 Å². The van der Waals surface area contributed by atoms with Gasteiger partial charge in [-0.1, -0.05) is 23.8 Å². The van der Waals surface area contributed by atoms with E-state index in [1.54, 1.807) is 45.9 Å². The highest BCUT2D eigenvalue weighted by atomic mass is 16.6. The Labute approximate surface area is 113 Å². The minimum Gasteiger partial charge on any atom is -0.444 e. The van der Waals surface area contributed by atoms with Crippen molar-refractivity contribution in [1.29, 1.82) is 0 Å². The summed E-state index contributed by atoms with van der Waals surface area (Å²) in [7, 11) is -1.48. The minimum atomic E-state index is -1.48. The molecule has 19 heavy (non-hydrogen) atoms. The number of hydrogen-bond acceptors (Lipinski definition) is 4. The van der Waals surface area contributed by atoms with E-state index in [1.807, 2.05) is 0 Å². The van der Waals surface area contributed by atoms with Crippen molar-refractivity contribution >= 4 is 18.7 Å². The van der Waals surface area contributed by atoms with Crippen LogP contribution in [0.4, 0.5) is 4.79 Å². The Morgan fingerprint density at radius 3 is 2.47 bits per heavy atom. The van der Waals surface area contributed by atoms with Gasteiger partial charge in [-0.25, -0.2) is 4.79 Å². The SMILES string of the molecule is Cc1cc(CNC(=O)OC(C)(C)C)ccc1B(O)O. The maximum atomic E-state index is 11.5. The van der Waals surface area contributed by atoms with Gasteiger partial charge in [-0.2, -0.15) is 0 Å². The lowest BCUT2D eigenvalue weighted by Gasteiger charge is -2.19. The molecule has 1 aromatic carbocycles. The smallest absolute Gasteiger partial charge is 0.444 e. The van der Waals surface area contributed by atoms with E-state index in [-0.39, 0.29) is 0 Å². The number of amides is 1. The maximum Gasteiger partial charge on any atom is 0.488 e. The van der Waals surface area contributed by atoms with Crippen LogP contribution in [0.1, 0.15) is 31.9 Å². The first-order valence-corrected chi connectivity index (χ1v) is 6.11. The van der Waals surface area contributed by atoms with Crippen LogP contribution in [0, 0.1) is 6.92 Å². The molecule has 1 amide bonds. The van der Waals surface area contributed by atoms with Gasteiger partial charge in [0.25, 0.3) is 0 Å².